The van der Waals surface area contributed by atoms with Crippen LogP contribution in [0.15, 0.2) is 18.3 Å². The van der Waals surface area contributed by atoms with E-state index in [0.29, 0.717) is 12.2 Å². The lowest BCUT2D eigenvalue weighted by atomic mass is 10.2. The molecule has 1 unspecified atom stereocenters. The molecule has 1 atom stereocenters. The van der Waals surface area contributed by atoms with Gasteiger partial charge in [-0.15, -0.1) is 0 Å². The lowest BCUT2D eigenvalue weighted by molar-refractivity contribution is 0.0525. The Morgan fingerprint density at radius 3 is 2.73 bits per heavy atom. The number of rotatable bonds is 4. The van der Waals surface area contributed by atoms with Crippen molar-refractivity contribution >= 4 is 5.97 Å². The van der Waals surface area contributed by atoms with Crippen molar-refractivity contribution in [2.45, 2.75) is 20.0 Å². The quantitative estimate of drug-likeness (QED) is 0.711. The highest BCUT2D eigenvalue weighted by Gasteiger charge is 2.09. The molecule has 15 heavy (non-hydrogen) atoms. The van der Waals surface area contributed by atoms with Crippen LogP contribution in [0.5, 0.6) is 0 Å². The van der Waals surface area contributed by atoms with Gasteiger partial charge in [-0.25, -0.2) is 4.79 Å². The van der Waals surface area contributed by atoms with Crippen LogP contribution < -0.4 is 0 Å². The molecule has 1 rings (SSSR count). The summed E-state index contributed by atoms with van der Waals surface area (Å²) in [6.07, 6.45) is 1.43. The first-order valence-electron chi connectivity index (χ1n) is 4.85. The summed E-state index contributed by atoms with van der Waals surface area (Å²) in [5.41, 5.74) is 1.26. The molecule has 0 radical (unpaired) electrons. The van der Waals surface area contributed by atoms with Gasteiger partial charge in [0.15, 0.2) is 0 Å². The molecule has 4 heteroatoms. The van der Waals surface area contributed by atoms with Crippen LogP contribution in [0, 0.1) is 0 Å². The van der Waals surface area contributed by atoms with Crippen molar-refractivity contribution in [3.05, 3.63) is 29.6 Å². The second-order valence-electron chi connectivity index (χ2n) is 3.07. The fourth-order valence-electron chi connectivity index (χ4n) is 1.10. The van der Waals surface area contributed by atoms with Crippen LogP contribution >= 0.6 is 0 Å². The van der Waals surface area contributed by atoms with Gasteiger partial charge in [-0.1, -0.05) is 0 Å². The minimum absolute atomic E-state index is 0.0683. The highest BCUT2D eigenvalue weighted by molar-refractivity contribution is 5.88. The van der Waals surface area contributed by atoms with Gasteiger partial charge in [-0.05, 0) is 26.0 Å². The zero-order valence-corrected chi connectivity index (χ0v) is 9.19. The van der Waals surface area contributed by atoms with Crippen molar-refractivity contribution in [3.63, 3.8) is 0 Å². The zero-order chi connectivity index (χ0) is 11.3. The maximum absolute atomic E-state index is 11.3. The molecule has 0 bridgehead atoms. The Kier molecular flexibility index (Phi) is 4.24. The zero-order valence-electron chi connectivity index (χ0n) is 9.19. The Labute approximate surface area is 89.2 Å². The summed E-state index contributed by atoms with van der Waals surface area (Å²) >= 11 is 0. The van der Waals surface area contributed by atoms with Gasteiger partial charge in [-0.2, -0.15) is 0 Å². The SMILES string of the molecule is CCOC(=O)c1ccc(C(C)OC)nc1. The van der Waals surface area contributed by atoms with E-state index in [-0.39, 0.29) is 12.1 Å². The molecule has 4 nitrogen and oxygen atoms in total. The number of aromatic nitrogens is 1. The second-order valence-corrected chi connectivity index (χ2v) is 3.07. The van der Waals surface area contributed by atoms with Gasteiger partial charge in [0.2, 0.25) is 0 Å². The molecule has 0 saturated heterocycles. The van der Waals surface area contributed by atoms with E-state index in [1.54, 1.807) is 26.2 Å². The van der Waals surface area contributed by atoms with Gasteiger partial charge in [0.25, 0.3) is 0 Å². The maximum atomic E-state index is 11.3. The third-order valence-electron chi connectivity index (χ3n) is 2.07. The van der Waals surface area contributed by atoms with Crippen LogP contribution in [0.1, 0.15) is 36.0 Å². The van der Waals surface area contributed by atoms with Crippen LogP contribution in [-0.2, 0) is 9.47 Å². The molecule has 0 spiro atoms. The van der Waals surface area contributed by atoms with Gasteiger partial charge < -0.3 is 9.47 Å². The minimum Gasteiger partial charge on any atom is -0.462 e. The number of hydrogen-bond acceptors (Lipinski definition) is 4. The topological polar surface area (TPSA) is 48.4 Å². The van der Waals surface area contributed by atoms with E-state index in [1.165, 1.54) is 6.20 Å². The monoisotopic (exact) mass is 209 g/mol. The smallest absolute Gasteiger partial charge is 0.339 e. The molecule has 82 valence electrons. The van der Waals surface area contributed by atoms with Gasteiger partial charge in [0.1, 0.15) is 0 Å². The molecule has 0 amide bonds. The van der Waals surface area contributed by atoms with E-state index in [4.69, 9.17) is 9.47 Å². The minimum atomic E-state index is -0.346. The predicted octanol–water partition coefficient (Wildman–Crippen LogP) is 1.97. The molecule has 0 saturated carbocycles. The fourth-order valence-corrected chi connectivity index (χ4v) is 1.10. The Balaban J connectivity index is 2.76. The van der Waals surface area contributed by atoms with E-state index in [2.05, 4.69) is 4.98 Å². The number of nitrogens with zero attached hydrogens (tertiary/aromatic N) is 1. The van der Waals surface area contributed by atoms with E-state index in [0.717, 1.165) is 5.69 Å². The lowest BCUT2D eigenvalue weighted by Gasteiger charge is -2.08. The first-order valence-corrected chi connectivity index (χ1v) is 4.85. The normalized spacial score (nSPS) is 12.2. The van der Waals surface area contributed by atoms with Gasteiger partial charge in [0, 0.05) is 13.3 Å². The summed E-state index contributed by atoms with van der Waals surface area (Å²) in [5.74, 6) is -0.346. The number of carbonyl (C=O) groups excluding carboxylic acids is 1. The van der Waals surface area contributed by atoms with Crippen molar-refractivity contribution in [1.82, 2.24) is 4.98 Å². The summed E-state index contributed by atoms with van der Waals surface area (Å²) in [6, 6.07) is 3.45. The number of hydrogen-bond donors (Lipinski definition) is 0. The first-order chi connectivity index (χ1) is 7.19. The standard InChI is InChI=1S/C11H15NO3/c1-4-15-11(13)9-5-6-10(12-7-9)8(2)14-3/h5-8H,4H2,1-3H3. The van der Waals surface area contributed by atoms with Crippen LogP contribution in [0.4, 0.5) is 0 Å². The molecule has 0 aliphatic carbocycles. The molecule has 1 heterocycles. The van der Waals surface area contributed by atoms with Crippen molar-refractivity contribution in [2.24, 2.45) is 0 Å². The van der Waals surface area contributed by atoms with Crippen LogP contribution in [0.25, 0.3) is 0 Å². The maximum Gasteiger partial charge on any atom is 0.339 e. The fraction of sp³-hybridized carbons (Fsp3) is 0.455. The van der Waals surface area contributed by atoms with Gasteiger partial charge >= 0.3 is 5.97 Å². The molecule has 0 N–H and O–H groups in total. The van der Waals surface area contributed by atoms with E-state index < -0.39 is 0 Å². The second kappa shape index (κ2) is 5.46. The van der Waals surface area contributed by atoms with E-state index in [1.807, 2.05) is 6.92 Å². The Hall–Kier alpha value is -1.42. The Morgan fingerprint density at radius 2 is 2.27 bits per heavy atom. The Bertz CT molecular complexity index is 321. The van der Waals surface area contributed by atoms with Crippen molar-refractivity contribution in [1.29, 1.82) is 0 Å². The number of ether oxygens (including phenoxy) is 2. The molecule has 0 fully saturated rings. The number of esters is 1. The third kappa shape index (κ3) is 3.02. The average Bonchev–Trinajstić information content (AvgIpc) is 2.28. The predicted molar refractivity (Wildman–Crippen MR) is 55.6 cm³/mol. The van der Waals surface area contributed by atoms with Crippen LogP contribution in [0.2, 0.25) is 0 Å². The van der Waals surface area contributed by atoms with Crippen LogP contribution in [-0.4, -0.2) is 24.7 Å². The Morgan fingerprint density at radius 1 is 1.53 bits per heavy atom. The van der Waals surface area contributed by atoms with Gasteiger partial charge in [-0.3, -0.25) is 4.98 Å². The lowest BCUT2D eigenvalue weighted by Crippen LogP contribution is -2.06. The van der Waals surface area contributed by atoms with Gasteiger partial charge in [0.05, 0.1) is 24.0 Å². The van der Waals surface area contributed by atoms with Crippen LogP contribution in [0.3, 0.4) is 0 Å². The summed E-state index contributed by atoms with van der Waals surface area (Å²) in [4.78, 5) is 15.4. The first kappa shape index (κ1) is 11.7. The van der Waals surface area contributed by atoms with Crippen molar-refractivity contribution in [2.75, 3.05) is 13.7 Å². The van der Waals surface area contributed by atoms with E-state index in [9.17, 15) is 4.79 Å². The molecule has 1 aromatic heterocycles. The molecular formula is C11H15NO3. The third-order valence-corrected chi connectivity index (χ3v) is 2.07. The van der Waals surface area contributed by atoms with Crippen molar-refractivity contribution < 1.29 is 14.3 Å². The number of carbonyl (C=O) groups is 1. The summed E-state index contributed by atoms with van der Waals surface area (Å²) in [7, 11) is 1.62. The van der Waals surface area contributed by atoms with Crippen molar-refractivity contribution in [3.8, 4) is 0 Å². The molecular weight excluding hydrogens is 194 g/mol. The summed E-state index contributed by atoms with van der Waals surface area (Å²) in [6.45, 7) is 4.04. The molecule has 1 aromatic rings. The average molecular weight is 209 g/mol. The highest BCUT2D eigenvalue weighted by atomic mass is 16.5. The molecule has 0 aliphatic heterocycles. The molecule has 0 aliphatic rings. The van der Waals surface area contributed by atoms with E-state index >= 15 is 0 Å². The summed E-state index contributed by atoms with van der Waals surface area (Å²) in [5, 5.41) is 0. The molecule has 0 aromatic carbocycles. The number of pyridine rings is 1. The number of methoxy groups -OCH3 is 1. The highest BCUT2D eigenvalue weighted by Crippen LogP contribution is 2.13. The summed E-state index contributed by atoms with van der Waals surface area (Å²) < 4.78 is 9.95. The largest absolute Gasteiger partial charge is 0.462 e.